The van der Waals surface area contributed by atoms with Gasteiger partial charge in [0.2, 0.25) is 0 Å². The van der Waals surface area contributed by atoms with Crippen molar-refractivity contribution in [2.24, 2.45) is 16.5 Å². The maximum Gasteiger partial charge on any atom is 0.328 e. The van der Waals surface area contributed by atoms with Crippen molar-refractivity contribution >= 4 is 39.9 Å². The molecule has 8 nitrogen and oxygen atoms in total. The zero-order chi connectivity index (χ0) is 17.7. The number of hydrogen-bond acceptors (Lipinski definition) is 4. The fourth-order valence-electron chi connectivity index (χ4n) is 2.18. The number of carbonyl (C=O) groups is 2. The first-order valence-electron chi connectivity index (χ1n) is 7.24. The standard InChI is InChI=1S/C15H18BrN5O3/c16-10-8-9(3-4-12(10)22)5-7-21-13(23)11(20-15(21)24)2-1-6-19-14(17)18/h3-5,7-8,11,22H,1-2,6H2,(H,20,24)(H4,17,18,19)/b7-5+/t11-/m0/s1. The van der Waals surface area contributed by atoms with E-state index in [-0.39, 0.29) is 17.6 Å². The molecule has 1 fully saturated rings. The fourth-order valence-corrected chi connectivity index (χ4v) is 2.57. The number of urea groups is 1. The van der Waals surface area contributed by atoms with E-state index in [1.807, 2.05) is 0 Å². The highest BCUT2D eigenvalue weighted by Crippen LogP contribution is 2.25. The third kappa shape index (κ3) is 4.48. The molecule has 9 heteroatoms. The highest BCUT2D eigenvalue weighted by atomic mass is 79.9. The lowest BCUT2D eigenvalue weighted by molar-refractivity contribution is -0.125. The summed E-state index contributed by atoms with van der Waals surface area (Å²) in [6.45, 7) is 0.402. The highest BCUT2D eigenvalue weighted by Gasteiger charge is 2.36. The largest absolute Gasteiger partial charge is 0.507 e. The summed E-state index contributed by atoms with van der Waals surface area (Å²) in [5.41, 5.74) is 11.2. The first-order valence-corrected chi connectivity index (χ1v) is 8.03. The van der Waals surface area contributed by atoms with E-state index in [2.05, 4.69) is 26.2 Å². The maximum absolute atomic E-state index is 12.2. The number of nitrogens with zero attached hydrogens (tertiary/aromatic N) is 2. The van der Waals surface area contributed by atoms with Crippen molar-refractivity contribution in [2.75, 3.05) is 6.54 Å². The summed E-state index contributed by atoms with van der Waals surface area (Å²) in [4.78, 5) is 29.0. The molecule has 6 N–H and O–H groups in total. The van der Waals surface area contributed by atoms with Gasteiger partial charge in [0.1, 0.15) is 11.8 Å². The number of aromatic hydroxyl groups is 1. The predicted molar refractivity (Wildman–Crippen MR) is 93.9 cm³/mol. The Morgan fingerprint density at radius 3 is 2.83 bits per heavy atom. The quantitative estimate of drug-likeness (QED) is 0.247. The van der Waals surface area contributed by atoms with Crippen molar-refractivity contribution in [2.45, 2.75) is 18.9 Å². The van der Waals surface area contributed by atoms with E-state index in [1.165, 1.54) is 12.3 Å². The average molecular weight is 396 g/mol. The number of imide groups is 1. The van der Waals surface area contributed by atoms with Crippen LogP contribution in [0.2, 0.25) is 0 Å². The van der Waals surface area contributed by atoms with Crippen molar-refractivity contribution in [3.05, 3.63) is 34.4 Å². The number of guanidine groups is 1. The Bertz CT molecular complexity index is 700. The van der Waals surface area contributed by atoms with Crippen LogP contribution >= 0.6 is 15.9 Å². The van der Waals surface area contributed by atoms with Gasteiger partial charge in [0.05, 0.1) is 4.47 Å². The summed E-state index contributed by atoms with van der Waals surface area (Å²) in [7, 11) is 0. The molecule has 0 radical (unpaired) electrons. The summed E-state index contributed by atoms with van der Waals surface area (Å²) in [5.74, 6) is -0.205. The SMILES string of the molecule is NC(N)=NCCC[C@@H]1NC(=O)N(/C=C/c2ccc(O)c(Br)c2)C1=O. The number of amides is 3. The Kier molecular flexibility index (Phi) is 5.80. The molecule has 0 spiro atoms. The molecule has 1 aromatic carbocycles. The number of benzene rings is 1. The molecule has 0 bridgehead atoms. The van der Waals surface area contributed by atoms with Crippen molar-refractivity contribution in [3.8, 4) is 5.75 Å². The number of nitrogens with two attached hydrogens (primary N) is 2. The number of halogens is 1. The smallest absolute Gasteiger partial charge is 0.328 e. The molecular formula is C15H18BrN5O3. The summed E-state index contributed by atoms with van der Waals surface area (Å²) >= 11 is 3.21. The van der Waals surface area contributed by atoms with Crippen LogP contribution in [0.15, 0.2) is 33.9 Å². The van der Waals surface area contributed by atoms with E-state index >= 15 is 0 Å². The van der Waals surface area contributed by atoms with Gasteiger partial charge < -0.3 is 21.9 Å². The highest BCUT2D eigenvalue weighted by molar-refractivity contribution is 9.10. The molecule has 1 saturated heterocycles. The zero-order valence-electron chi connectivity index (χ0n) is 12.8. The number of phenols is 1. The first kappa shape index (κ1) is 17.8. The summed E-state index contributed by atoms with van der Waals surface area (Å²) < 4.78 is 0.527. The van der Waals surface area contributed by atoms with Crippen LogP contribution in [0.4, 0.5) is 4.79 Å². The average Bonchev–Trinajstić information content (AvgIpc) is 2.79. The Morgan fingerprint density at radius 1 is 1.42 bits per heavy atom. The van der Waals surface area contributed by atoms with Crippen molar-refractivity contribution in [3.63, 3.8) is 0 Å². The predicted octanol–water partition coefficient (Wildman–Crippen LogP) is 1.10. The van der Waals surface area contributed by atoms with E-state index in [0.29, 0.717) is 23.9 Å². The first-order chi connectivity index (χ1) is 11.4. The van der Waals surface area contributed by atoms with E-state index in [4.69, 9.17) is 11.5 Å². The van der Waals surface area contributed by atoms with E-state index in [1.54, 1.807) is 18.2 Å². The molecule has 0 saturated carbocycles. The van der Waals surface area contributed by atoms with Gasteiger partial charge in [-0.05, 0) is 52.5 Å². The second-order valence-electron chi connectivity index (χ2n) is 5.19. The topological polar surface area (TPSA) is 134 Å². The van der Waals surface area contributed by atoms with Crippen LogP contribution < -0.4 is 16.8 Å². The van der Waals surface area contributed by atoms with Gasteiger partial charge in [-0.1, -0.05) is 6.07 Å². The van der Waals surface area contributed by atoms with E-state index in [0.717, 1.165) is 10.5 Å². The molecule has 2 rings (SSSR count). The van der Waals surface area contributed by atoms with Crippen LogP contribution in [0.25, 0.3) is 6.08 Å². The molecule has 1 aliphatic heterocycles. The van der Waals surface area contributed by atoms with Crippen LogP contribution in [0, 0.1) is 0 Å². The fraction of sp³-hybridized carbons (Fsp3) is 0.267. The molecule has 128 valence electrons. The minimum atomic E-state index is -0.581. The normalized spacial score (nSPS) is 17.4. The number of carbonyl (C=O) groups excluding carboxylic acids is 2. The van der Waals surface area contributed by atoms with Gasteiger partial charge >= 0.3 is 6.03 Å². The van der Waals surface area contributed by atoms with E-state index in [9.17, 15) is 14.7 Å². The van der Waals surface area contributed by atoms with Crippen LogP contribution in [-0.4, -0.2) is 40.5 Å². The number of phenolic OH excluding ortho intramolecular Hbond substituents is 1. The maximum atomic E-state index is 12.2. The molecule has 0 unspecified atom stereocenters. The number of rotatable bonds is 6. The Morgan fingerprint density at radius 2 is 2.17 bits per heavy atom. The van der Waals surface area contributed by atoms with Gasteiger partial charge in [-0.2, -0.15) is 0 Å². The van der Waals surface area contributed by atoms with Gasteiger partial charge in [0, 0.05) is 12.7 Å². The molecule has 1 atom stereocenters. The molecule has 0 aliphatic carbocycles. The minimum Gasteiger partial charge on any atom is -0.507 e. The Balaban J connectivity index is 1.97. The third-order valence-electron chi connectivity index (χ3n) is 3.39. The number of hydrogen-bond donors (Lipinski definition) is 4. The molecule has 24 heavy (non-hydrogen) atoms. The monoisotopic (exact) mass is 395 g/mol. The van der Waals surface area contributed by atoms with Crippen LogP contribution in [0.1, 0.15) is 18.4 Å². The molecule has 1 heterocycles. The van der Waals surface area contributed by atoms with Gasteiger partial charge in [0.25, 0.3) is 5.91 Å². The van der Waals surface area contributed by atoms with Crippen LogP contribution in [0.5, 0.6) is 5.75 Å². The minimum absolute atomic E-state index is 0.00130. The molecule has 0 aromatic heterocycles. The zero-order valence-corrected chi connectivity index (χ0v) is 14.4. The third-order valence-corrected chi connectivity index (χ3v) is 4.02. The Hall–Kier alpha value is -2.55. The van der Waals surface area contributed by atoms with Gasteiger partial charge in [-0.3, -0.25) is 9.79 Å². The lowest BCUT2D eigenvalue weighted by Crippen LogP contribution is -2.29. The lowest BCUT2D eigenvalue weighted by atomic mass is 10.1. The van der Waals surface area contributed by atoms with Crippen molar-refractivity contribution < 1.29 is 14.7 Å². The second-order valence-corrected chi connectivity index (χ2v) is 6.04. The van der Waals surface area contributed by atoms with Gasteiger partial charge in [-0.25, -0.2) is 9.69 Å². The van der Waals surface area contributed by atoms with Crippen LogP contribution in [-0.2, 0) is 4.79 Å². The second kappa shape index (κ2) is 7.82. The van der Waals surface area contributed by atoms with Crippen LogP contribution in [0.3, 0.4) is 0 Å². The summed E-state index contributed by atoms with van der Waals surface area (Å²) in [5, 5.41) is 12.1. The molecule has 3 amide bonds. The van der Waals surface area contributed by atoms with E-state index < -0.39 is 12.1 Å². The van der Waals surface area contributed by atoms with Crippen molar-refractivity contribution in [1.82, 2.24) is 10.2 Å². The van der Waals surface area contributed by atoms with Crippen molar-refractivity contribution in [1.29, 1.82) is 0 Å². The van der Waals surface area contributed by atoms with Gasteiger partial charge in [0.15, 0.2) is 5.96 Å². The molecular weight excluding hydrogens is 378 g/mol. The molecule has 1 aliphatic rings. The Labute approximate surface area is 147 Å². The number of aliphatic imine (C=N–C) groups is 1. The van der Waals surface area contributed by atoms with Gasteiger partial charge in [-0.15, -0.1) is 0 Å². The summed E-state index contributed by atoms with van der Waals surface area (Å²) in [6, 6.07) is 3.81. The summed E-state index contributed by atoms with van der Waals surface area (Å²) in [6.07, 6.45) is 4.06. The number of nitrogens with one attached hydrogen (secondary N) is 1. The lowest BCUT2D eigenvalue weighted by Gasteiger charge is -2.07. The molecule has 1 aromatic rings.